The fraction of sp³-hybridized carbons (Fsp3) is 0.633. The molecule has 0 aliphatic heterocycles. The quantitative estimate of drug-likeness (QED) is 0.0958. The first-order valence-electron chi connectivity index (χ1n) is 24.7. The number of benzene rings is 3. The summed E-state index contributed by atoms with van der Waals surface area (Å²) in [6.07, 6.45) is 0. The first-order chi connectivity index (χ1) is 32.1. The summed E-state index contributed by atoms with van der Waals surface area (Å²) in [5.74, 6) is 0. The zero-order valence-electron chi connectivity index (χ0n) is 45.3. The number of para-hydroxylation sites is 3. The Hall–Kier alpha value is 0.479. The number of rotatable bonds is 22. The normalized spacial score (nSPS) is 11.0. The Bertz CT molecular complexity index is 1410. The summed E-state index contributed by atoms with van der Waals surface area (Å²) in [4.78, 5) is 4.75. The Morgan fingerprint density at radius 3 is 0.794 bits per heavy atom. The SMILES string of the molecule is CCN(CC)CC.CCN(CC)CC.CCNCC.CC[N](CC)[Ge]([N](CC)CC)([N](CC)CC)[N](C)c1ccccc1.CNc1ccccc1.C[N](c1ccccc1)[Ge]([Cl])([Cl])[Cl].[Cl][Ge]([Cl])([Cl])[Cl]. The molecule has 0 amide bonds. The van der Waals surface area contributed by atoms with Crippen LogP contribution in [-0.4, -0.2) is 169 Å². The van der Waals surface area contributed by atoms with Gasteiger partial charge in [0, 0.05) is 12.7 Å². The molecule has 9 nitrogen and oxygen atoms in total. The zero-order chi connectivity index (χ0) is 53.2. The van der Waals surface area contributed by atoms with Crippen LogP contribution in [-0.2, 0) is 0 Å². The molecule has 3 aromatic rings. The second-order valence-electron chi connectivity index (χ2n) is 14.6. The van der Waals surface area contributed by atoms with Gasteiger partial charge in [-0.2, -0.15) is 0 Å². The van der Waals surface area contributed by atoms with Crippen LogP contribution in [0.5, 0.6) is 0 Å². The molecule has 0 unspecified atom stereocenters. The third-order valence-electron chi connectivity index (χ3n) is 10.9. The van der Waals surface area contributed by atoms with E-state index in [0.29, 0.717) is 0 Å². The minimum atomic E-state index is -3.23. The molecule has 2 N–H and O–H groups in total. The Balaban J connectivity index is -0.000000389. The van der Waals surface area contributed by atoms with Crippen LogP contribution in [0.25, 0.3) is 0 Å². The third-order valence-corrected chi connectivity index (χ3v) is 28.8. The van der Waals surface area contributed by atoms with E-state index in [9.17, 15) is 0 Å². The van der Waals surface area contributed by atoms with Gasteiger partial charge in [-0.15, -0.1) is 0 Å². The van der Waals surface area contributed by atoms with E-state index >= 15 is 0 Å². The summed E-state index contributed by atoms with van der Waals surface area (Å²) in [5, 5.41) is 6.14. The average molecular weight is 1280 g/mol. The monoisotopic (exact) mass is 1280 g/mol. The molecular formula is C49H96Cl7Ge3N9. The van der Waals surface area contributed by atoms with Gasteiger partial charge in [-0.3, -0.25) is 0 Å². The molecule has 19 heteroatoms. The van der Waals surface area contributed by atoms with Crippen LogP contribution in [0.4, 0.5) is 17.1 Å². The maximum absolute atomic E-state index is 5.86. The van der Waals surface area contributed by atoms with E-state index in [0.717, 1.165) is 63.7 Å². The molecule has 0 aromatic heterocycles. The molecule has 0 aliphatic rings. The fourth-order valence-corrected chi connectivity index (χ4v) is 21.0. The van der Waals surface area contributed by atoms with Crippen LogP contribution in [0.3, 0.4) is 0 Å². The van der Waals surface area contributed by atoms with Gasteiger partial charge in [0.2, 0.25) is 0 Å². The van der Waals surface area contributed by atoms with Gasteiger partial charge in [-0.25, -0.2) is 0 Å². The number of halogens is 7. The Labute approximate surface area is 457 Å². The summed E-state index contributed by atoms with van der Waals surface area (Å²) in [5.41, 5.74) is 3.45. The van der Waals surface area contributed by atoms with Gasteiger partial charge >= 0.3 is 291 Å². The van der Waals surface area contributed by atoms with Crippen molar-refractivity contribution in [3.8, 4) is 0 Å². The van der Waals surface area contributed by atoms with Crippen molar-refractivity contribution in [1.29, 1.82) is 0 Å². The summed E-state index contributed by atoms with van der Waals surface area (Å²) >= 11 is -2.87. The van der Waals surface area contributed by atoms with Crippen molar-refractivity contribution in [2.75, 3.05) is 126 Å². The van der Waals surface area contributed by atoms with Gasteiger partial charge in [0.25, 0.3) is 0 Å². The first kappa shape index (κ1) is 75.0. The molecule has 3 aromatic carbocycles. The summed E-state index contributed by atoms with van der Waals surface area (Å²) in [6, 6.07) is 30.6. The molecule has 0 atom stereocenters. The fourth-order valence-electron chi connectivity index (χ4n) is 7.00. The van der Waals surface area contributed by atoms with Crippen LogP contribution in [0.15, 0.2) is 91.0 Å². The second-order valence-corrected chi connectivity index (χ2v) is 57.0. The Morgan fingerprint density at radius 1 is 0.382 bits per heavy atom. The maximum atomic E-state index is 5.86. The molecule has 0 bridgehead atoms. The van der Waals surface area contributed by atoms with E-state index in [1.54, 1.807) is 3.86 Å². The molecule has 0 saturated heterocycles. The first-order valence-corrected chi connectivity index (χ1v) is 48.7. The van der Waals surface area contributed by atoms with E-state index in [2.05, 4.69) is 170 Å². The molecule has 0 radical (unpaired) electrons. The predicted octanol–water partition coefficient (Wildman–Crippen LogP) is 14.3. The van der Waals surface area contributed by atoms with Crippen molar-refractivity contribution >= 4 is 122 Å². The van der Waals surface area contributed by atoms with Crippen LogP contribution < -0.4 is 18.3 Å². The minimum absolute atomic E-state index is 0.956. The van der Waals surface area contributed by atoms with Crippen molar-refractivity contribution in [2.45, 2.75) is 96.9 Å². The molecule has 0 heterocycles. The molecule has 0 spiro atoms. The Morgan fingerprint density at radius 2 is 0.632 bits per heavy atom. The number of hydrogen-bond donors (Lipinski definition) is 2. The molecule has 0 fully saturated rings. The topological polar surface area (TPSA) is 46.7 Å². The van der Waals surface area contributed by atoms with Crippen LogP contribution in [0.2, 0.25) is 0 Å². The summed E-state index contributed by atoms with van der Waals surface area (Å²) in [6.45, 7) is 47.1. The van der Waals surface area contributed by atoms with Crippen LogP contribution in [0, 0.1) is 0 Å². The van der Waals surface area contributed by atoms with Crippen molar-refractivity contribution in [2.24, 2.45) is 0 Å². The molecular weight excluding hydrogens is 1180 g/mol. The molecule has 0 saturated carbocycles. The predicted molar refractivity (Wildman–Crippen MR) is 324 cm³/mol. The number of nitrogens with one attached hydrogen (secondary N) is 2. The number of nitrogens with zero attached hydrogens (tertiary/aromatic N) is 7. The van der Waals surface area contributed by atoms with Gasteiger partial charge in [0.1, 0.15) is 0 Å². The van der Waals surface area contributed by atoms with E-state index in [1.165, 1.54) is 45.0 Å². The Kier molecular flexibility index (Phi) is 52.1. The van der Waals surface area contributed by atoms with Crippen molar-refractivity contribution in [3.63, 3.8) is 0 Å². The summed E-state index contributed by atoms with van der Waals surface area (Å²) < 4.78 is 12.7. The van der Waals surface area contributed by atoms with Gasteiger partial charge in [-0.05, 0) is 64.5 Å². The van der Waals surface area contributed by atoms with E-state index in [4.69, 9.17) is 70.1 Å². The number of hydrogen-bond acceptors (Lipinski definition) is 9. The zero-order valence-corrected chi connectivity index (χ0v) is 56.9. The summed E-state index contributed by atoms with van der Waals surface area (Å²) in [7, 11) is 37.3. The molecule has 0 aliphatic carbocycles. The average Bonchev–Trinajstić information content (AvgIpc) is 3.34. The second kappa shape index (κ2) is 47.2. The van der Waals surface area contributed by atoms with Crippen LogP contribution >= 0.6 is 70.1 Å². The van der Waals surface area contributed by atoms with E-state index in [1.807, 2.05) is 74.8 Å². The standard InChI is InChI=1S/C19H38GeN4.C7H8Cl3GeN.C7H9N.2C6H15N.C4H11N.Cl4Ge/c1-8-22(9-2)20(23(10-3)11-4,24(12-5)13-6)21(7)19-17-15-14-16-18-19;1-12(11(8,9)10)7-5-3-2-4-6-7;1-8-7-5-3-2-4-6-7;2*1-4-7(5-2)6-3;1-3-5-4-2;1-5(2,3)4/h14-18H,8-13H2,1-7H3;2-6H,1H3;2-6,8H,1H3;2*4-6H2,1-3H3;5H,3-4H2,1-2H3;. The van der Waals surface area contributed by atoms with Gasteiger partial charge < -0.3 is 20.4 Å². The van der Waals surface area contributed by atoms with Crippen molar-refractivity contribution in [3.05, 3.63) is 91.0 Å². The third kappa shape index (κ3) is 34.8. The number of anilines is 3. The molecule has 3 rings (SSSR count). The van der Waals surface area contributed by atoms with E-state index in [-0.39, 0.29) is 0 Å². The van der Waals surface area contributed by atoms with Crippen LogP contribution in [0.1, 0.15) is 96.9 Å². The molecule has 398 valence electrons. The van der Waals surface area contributed by atoms with Gasteiger partial charge in [0.15, 0.2) is 0 Å². The van der Waals surface area contributed by atoms with Crippen molar-refractivity contribution in [1.82, 2.24) is 26.7 Å². The van der Waals surface area contributed by atoms with Gasteiger partial charge in [-0.1, -0.05) is 73.6 Å². The molecule has 68 heavy (non-hydrogen) atoms. The van der Waals surface area contributed by atoms with Crippen molar-refractivity contribution < 1.29 is 0 Å². The van der Waals surface area contributed by atoms with E-state index < -0.39 is 34.4 Å². The van der Waals surface area contributed by atoms with Gasteiger partial charge in [0.05, 0.1) is 0 Å².